The van der Waals surface area contributed by atoms with Gasteiger partial charge in [0, 0.05) is 31.7 Å². The molecule has 1 aliphatic heterocycles. The molecule has 1 aliphatic rings. The molecular weight excluding hydrogens is 455 g/mol. The van der Waals surface area contributed by atoms with E-state index in [0.29, 0.717) is 47.9 Å². The van der Waals surface area contributed by atoms with Gasteiger partial charge in [-0.1, -0.05) is 31.2 Å². The van der Waals surface area contributed by atoms with Gasteiger partial charge in [-0.2, -0.15) is 0 Å². The van der Waals surface area contributed by atoms with Crippen molar-refractivity contribution in [1.29, 1.82) is 0 Å². The summed E-state index contributed by atoms with van der Waals surface area (Å²) < 4.78 is 39.6. The first-order valence-electron chi connectivity index (χ1n) is 10.0. The molecule has 0 saturated carbocycles. The summed E-state index contributed by atoms with van der Waals surface area (Å²) in [5.41, 5.74) is 1.39. The Labute approximate surface area is 194 Å². The molecule has 32 heavy (non-hydrogen) atoms. The van der Waals surface area contributed by atoms with Crippen LogP contribution in [0, 0.1) is 5.82 Å². The third kappa shape index (κ3) is 5.76. The number of carbonyl (C=O) groups excluding carboxylic acids is 1. The zero-order chi connectivity index (χ0) is 22.8. The van der Waals surface area contributed by atoms with E-state index in [1.807, 2.05) is 0 Å². The second-order valence-electron chi connectivity index (χ2n) is 7.83. The number of rotatable bonds is 5. The molecule has 0 unspecified atom stereocenters. The average molecular weight is 485 g/mol. The number of anilines is 1. The first-order valence-corrected chi connectivity index (χ1v) is 11.9. The molecule has 176 valence electrons. The van der Waals surface area contributed by atoms with Crippen molar-refractivity contribution in [3.8, 4) is 11.3 Å². The third-order valence-electron chi connectivity index (χ3n) is 5.44. The van der Waals surface area contributed by atoms with Crippen molar-refractivity contribution < 1.29 is 17.6 Å². The van der Waals surface area contributed by atoms with Crippen molar-refractivity contribution in [2.75, 3.05) is 25.5 Å². The molecule has 2 aromatic rings. The van der Waals surface area contributed by atoms with E-state index in [4.69, 9.17) is 11.6 Å². The third-order valence-corrected chi connectivity index (χ3v) is 8.00. The largest absolute Gasteiger partial charge is 0.325 e. The summed E-state index contributed by atoms with van der Waals surface area (Å²) in [5, 5.41) is 2.59. The fourth-order valence-corrected chi connectivity index (χ4v) is 5.11. The monoisotopic (exact) mass is 484 g/mol. The van der Waals surface area contributed by atoms with Gasteiger partial charge in [-0.25, -0.2) is 21.9 Å². The number of carbonyl (C=O) groups is 1. The fourth-order valence-electron chi connectivity index (χ4n) is 3.51. The zero-order valence-electron chi connectivity index (χ0n) is 17.7. The number of piperidine rings is 1. The molecular formula is C22H30ClFN4O3S. The number of amides is 2. The molecule has 0 spiro atoms. The number of halogens is 2. The molecule has 0 atom stereocenters. The maximum Gasteiger partial charge on any atom is 0.321 e. The van der Waals surface area contributed by atoms with E-state index in [0.717, 1.165) is 0 Å². The van der Waals surface area contributed by atoms with E-state index in [1.54, 1.807) is 44.0 Å². The smallest absolute Gasteiger partial charge is 0.321 e. The van der Waals surface area contributed by atoms with Crippen LogP contribution in [0.4, 0.5) is 14.9 Å². The summed E-state index contributed by atoms with van der Waals surface area (Å²) >= 11 is 6.30. The van der Waals surface area contributed by atoms with Gasteiger partial charge in [0.15, 0.2) is 0 Å². The Bertz CT molecular complexity index is 1060. The Morgan fingerprint density at radius 2 is 1.94 bits per heavy atom. The van der Waals surface area contributed by atoms with Crippen LogP contribution < -0.4 is 5.32 Å². The van der Waals surface area contributed by atoms with E-state index < -0.39 is 15.3 Å². The molecule has 2 amide bonds. The highest BCUT2D eigenvalue weighted by Gasteiger charge is 2.32. The van der Waals surface area contributed by atoms with Crippen molar-refractivity contribution in [1.82, 2.24) is 14.2 Å². The Balaban J connectivity index is 0.00000363. The lowest BCUT2D eigenvalue weighted by Crippen LogP contribution is -2.49. The fraction of sp³-hybridized carbons (Fsp3) is 0.455. The number of nitrogens with zero attached hydrogens (tertiary/aromatic N) is 3. The van der Waals surface area contributed by atoms with Gasteiger partial charge in [0.05, 0.1) is 27.9 Å². The summed E-state index contributed by atoms with van der Waals surface area (Å²) in [4.78, 5) is 18.5. The van der Waals surface area contributed by atoms with Crippen LogP contribution in [-0.4, -0.2) is 60.1 Å². The SMILES string of the molecule is C.CC(C)S(=O)(=O)N1CCC(N(C)C(=O)Nc2cnc(-c3cccc(F)c3)c(Cl)c2)CC1. The minimum atomic E-state index is -3.28. The molecule has 0 aliphatic carbocycles. The van der Waals surface area contributed by atoms with E-state index in [-0.39, 0.29) is 25.3 Å². The molecule has 1 N–H and O–H groups in total. The summed E-state index contributed by atoms with van der Waals surface area (Å²) in [5.74, 6) is -0.387. The van der Waals surface area contributed by atoms with Gasteiger partial charge >= 0.3 is 6.03 Å². The second-order valence-corrected chi connectivity index (χ2v) is 10.7. The summed E-state index contributed by atoms with van der Waals surface area (Å²) in [6, 6.07) is 7.12. The average Bonchev–Trinajstić information content (AvgIpc) is 2.73. The van der Waals surface area contributed by atoms with E-state index in [1.165, 1.54) is 22.6 Å². The van der Waals surface area contributed by atoms with Gasteiger partial charge < -0.3 is 10.2 Å². The first kappa shape index (κ1) is 26.0. The Morgan fingerprint density at radius 1 is 1.28 bits per heavy atom. The number of benzene rings is 1. The lowest BCUT2D eigenvalue weighted by Gasteiger charge is -2.36. The van der Waals surface area contributed by atoms with Gasteiger partial charge in [0.2, 0.25) is 10.0 Å². The van der Waals surface area contributed by atoms with Gasteiger partial charge in [0.1, 0.15) is 5.82 Å². The molecule has 0 bridgehead atoms. The van der Waals surface area contributed by atoms with E-state index >= 15 is 0 Å². The van der Waals surface area contributed by atoms with E-state index in [9.17, 15) is 17.6 Å². The van der Waals surface area contributed by atoms with Crippen LogP contribution in [-0.2, 0) is 10.0 Å². The molecule has 0 radical (unpaired) electrons. The number of urea groups is 1. The minimum Gasteiger partial charge on any atom is -0.325 e. The maximum absolute atomic E-state index is 13.5. The van der Waals surface area contributed by atoms with Crippen LogP contribution in [0.25, 0.3) is 11.3 Å². The van der Waals surface area contributed by atoms with Gasteiger partial charge in [-0.3, -0.25) is 4.98 Å². The molecule has 10 heteroatoms. The van der Waals surface area contributed by atoms with Crippen LogP contribution in [0.2, 0.25) is 5.02 Å². The second kappa shape index (κ2) is 10.6. The highest BCUT2D eigenvalue weighted by Crippen LogP contribution is 2.28. The van der Waals surface area contributed by atoms with Gasteiger partial charge in [-0.05, 0) is 44.9 Å². The van der Waals surface area contributed by atoms with E-state index in [2.05, 4.69) is 10.3 Å². The van der Waals surface area contributed by atoms with Gasteiger partial charge in [0.25, 0.3) is 0 Å². The Morgan fingerprint density at radius 3 is 2.50 bits per heavy atom. The van der Waals surface area contributed by atoms with Crippen molar-refractivity contribution >= 4 is 33.3 Å². The summed E-state index contributed by atoms with van der Waals surface area (Å²) in [6.45, 7) is 4.11. The minimum absolute atomic E-state index is 0. The number of hydrogen-bond donors (Lipinski definition) is 1. The molecule has 2 heterocycles. The summed E-state index contributed by atoms with van der Waals surface area (Å²) in [7, 11) is -1.60. The standard InChI is InChI=1S/C21H26ClFN4O3S.CH4/c1-14(2)31(29,30)27-9-7-18(8-10-27)26(3)21(28)25-17-12-19(22)20(24-13-17)15-5-4-6-16(23)11-15;/h4-6,11-14,18H,7-10H2,1-3H3,(H,25,28);1H4. The van der Waals surface area contributed by atoms with Gasteiger partial charge in [-0.15, -0.1) is 0 Å². The van der Waals surface area contributed by atoms with Crippen molar-refractivity contribution in [3.63, 3.8) is 0 Å². The maximum atomic E-state index is 13.5. The summed E-state index contributed by atoms with van der Waals surface area (Å²) in [6.07, 6.45) is 2.59. The Kier molecular flexibility index (Phi) is 8.61. The zero-order valence-corrected chi connectivity index (χ0v) is 19.3. The number of nitrogens with one attached hydrogen (secondary N) is 1. The normalized spacial score (nSPS) is 15.3. The van der Waals surface area contributed by atoms with Crippen LogP contribution in [0.3, 0.4) is 0 Å². The lowest BCUT2D eigenvalue weighted by molar-refractivity contribution is 0.173. The molecule has 1 aromatic heterocycles. The molecule has 1 aromatic carbocycles. The topological polar surface area (TPSA) is 82.6 Å². The number of aromatic nitrogens is 1. The first-order chi connectivity index (χ1) is 14.6. The van der Waals surface area contributed by atoms with Crippen LogP contribution in [0.1, 0.15) is 34.1 Å². The lowest BCUT2D eigenvalue weighted by atomic mass is 10.1. The molecule has 1 fully saturated rings. The highest BCUT2D eigenvalue weighted by atomic mass is 35.5. The number of pyridine rings is 1. The van der Waals surface area contributed by atoms with Crippen molar-refractivity contribution in [2.24, 2.45) is 0 Å². The predicted molar refractivity (Wildman–Crippen MR) is 127 cm³/mol. The van der Waals surface area contributed by atoms with Crippen LogP contribution in [0.15, 0.2) is 36.5 Å². The number of sulfonamides is 1. The van der Waals surface area contributed by atoms with Crippen LogP contribution in [0.5, 0.6) is 0 Å². The highest BCUT2D eigenvalue weighted by molar-refractivity contribution is 7.89. The van der Waals surface area contributed by atoms with Crippen LogP contribution >= 0.6 is 11.6 Å². The predicted octanol–water partition coefficient (Wildman–Crippen LogP) is 4.84. The molecule has 1 saturated heterocycles. The molecule has 7 nitrogen and oxygen atoms in total. The quantitative estimate of drug-likeness (QED) is 0.658. The van der Waals surface area contributed by atoms with Crippen molar-refractivity contribution in [2.45, 2.75) is 45.4 Å². The molecule has 3 rings (SSSR count). The van der Waals surface area contributed by atoms with Crippen molar-refractivity contribution in [3.05, 3.63) is 47.4 Å². The number of hydrogen-bond acceptors (Lipinski definition) is 4. The Hall–Kier alpha value is -2.23.